The van der Waals surface area contributed by atoms with Gasteiger partial charge < -0.3 is 9.64 Å². The number of carbonyl (C=O) groups is 2. The Morgan fingerprint density at radius 3 is 2.56 bits per heavy atom. The Kier molecular flexibility index (Phi) is 4.02. The highest BCUT2D eigenvalue weighted by Crippen LogP contribution is 2.38. The van der Waals surface area contributed by atoms with Gasteiger partial charge in [-0.2, -0.15) is 0 Å². The Morgan fingerprint density at radius 1 is 1.15 bits per heavy atom. The molecular formula is C19H17N3O5. The zero-order valence-electron chi connectivity index (χ0n) is 14.6. The van der Waals surface area contributed by atoms with E-state index in [4.69, 9.17) is 4.74 Å². The Labute approximate surface area is 155 Å². The second-order valence-corrected chi connectivity index (χ2v) is 6.49. The number of benzene rings is 2. The molecule has 0 radical (unpaired) electrons. The van der Waals surface area contributed by atoms with E-state index in [-0.39, 0.29) is 17.5 Å². The van der Waals surface area contributed by atoms with Crippen LogP contribution in [0, 0.1) is 10.1 Å². The molecule has 1 fully saturated rings. The van der Waals surface area contributed by atoms with Crippen LogP contribution in [0.4, 0.5) is 17.1 Å². The number of non-ortho nitro benzene ring substituents is 1. The van der Waals surface area contributed by atoms with Crippen molar-refractivity contribution < 1.29 is 19.2 Å². The van der Waals surface area contributed by atoms with Gasteiger partial charge in [-0.15, -0.1) is 0 Å². The smallest absolute Gasteiger partial charge is 0.269 e. The highest BCUT2D eigenvalue weighted by Gasteiger charge is 2.42. The van der Waals surface area contributed by atoms with Crippen LogP contribution in [-0.4, -0.2) is 41.3 Å². The number of nitro benzene ring substituents is 1. The summed E-state index contributed by atoms with van der Waals surface area (Å²) in [6.07, 6.45) is 1.36. The van der Waals surface area contributed by atoms with Crippen LogP contribution in [0.3, 0.4) is 0 Å². The summed E-state index contributed by atoms with van der Waals surface area (Å²) in [6.45, 7) is 0.528. The molecule has 2 heterocycles. The maximum atomic E-state index is 13.3. The summed E-state index contributed by atoms with van der Waals surface area (Å²) in [5.41, 5.74) is 1.26. The van der Waals surface area contributed by atoms with Gasteiger partial charge in [0.2, 0.25) is 0 Å². The quantitative estimate of drug-likeness (QED) is 0.614. The number of fused-ring (bicyclic) bond motifs is 2. The fraction of sp³-hybridized carbons (Fsp3) is 0.263. The maximum absolute atomic E-state index is 13.3. The van der Waals surface area contributed by atoms with Crippen LogP contribution < -0.4 is 9.64 Å². The second kappa shape index (κ2) is 6.39. The van der Waals surface area contributed by atoms with Gasteiger partial charge in [0.25, 0.3) is 17.5 Å². The lowest BCUT2D eigenvalue weighted by molar-refractivity contribution is -0.384. The van der Waals surface area contributed by atoms with E-state index in [1.54, 1.807) is 23.1 Å². The molecule has 2 aliphatic heterocycles. The van der Waals surface area contributed by atoms with Crippen LogP contribution in [0.1, 0.15) is 23.2 Å². The average molecular weight is 367 g/mol. The molecule has 1 saturated heterocycles. The molecule has 0 bridgehead atoms. The first-order valence-electron chi connectivity index (χ1n) is 8.58. The molecule has 8 nitrogen and oxygen atoms in total. The molecule has 0 spiro atoms. The lowest BCUT2D eigenvalue weighted by Crippen LogP contribution is -2.43. The van der Waals surface area contributed by atoms with Gasteiger partial charge >= 0.3 is 0 Å². The average Bonchev–Trinajstić information content (AvgIpc) is 3.15. The number of nitro groups is 1. The van der Waals surface area contributed by atoms with Crippen molar-refractivity contribution in [3.05, 3.63) is 58.1 Å². The molecule has 2 aliphatic rings. The molecule has 27 heavy (non-hydrogen) atoms. The second-order valence-electron chi connectivity index (χ2n) is 6.49. The fourth-order valence-electron chi connectivity index (χ4n) is 3.69. The van der Waals surface area contributed by atoms with E-state index in [0.717, 1.165) is 6.42 Å². The van der Waals surface area contributed by atoms with Crippen molar-refractivity contribution in [3.8, 4) is 5.75 Å². The molecular weight excluding hydrogens is 350 g/mol. The van der Waals surface area contributed by atoms with Gasteiger partial charge in [-0.3, -0.25) is 24.6 Å². The molecule has 2 amide bonds. The minimum Gasteiger partial charge on any atom is -0.497 e. The van der Waals surface area contributed by atoms with E-state index >= 15 is 0 Å². The first kappa shape index (κ1) is 17.0. The van der Waals surface area contributed by atoms with Crippen LogP contribution >= 0.6 is 0 Å². The third kappa shape index (κ3) is 2.69. The number of rotatable bonds is 3. The number of hydrogen-bond acceptors (Lipinski definition) is 5. The number of nitrogens with zero attached hydrogens (tertiary/aromatic N) is 3. The zero-order valence-corrected chi connectivity index (χ0v) is 14.6. The minimum atomic E-state index is -0.536. The molecule has 8 heteroatoms. The Balaban J connectivity index is 1.88. The van der Waals surface area contributed by atoms with Crippen LogP contribution in [0.25, 0.3) is 0 Å². The van der Waals surface area contributed by atoms with Crippen molar-refractivity contribution in [2.24, 2.45) is 0 Å². The van der Waals surface area contributed by atoms with Gasteiger partial charge in [0.1, 0.15) is 11.8 Å². The van der Waals surface area contributed by atoms with Gasteiger partial charge in [0.05, 0.1) is 23.3 Å². The van der Waals surface area contributed by atoms with Gasteiger partial charge in [-0.05, 0) is 43.2 Å². The summed E-state index contributed by atoms with van der Waals surface area (Å²) in [7, 11) is 1.51. The van der Waals surface area contributed by atoms with E-state index in [0.29, 0.717) is 35.7 Å². The molecule has 4 rings (SSSR count). The number of anilines is 2. The summed E-state index contributed by atoms with van der Waals surface area (Å²) in [5.74, 6) is 0.110. The minimum absolute atomic E-state index is 0.0606. The van der Waals surface area contributed by atoms with Gasteiger partial charge in [-0.1, -0.05) is 0 Å². The number of carbonyl (C=O) groups excluding carboxylic acids is 2. The van der Waals surface area contributed by atoms with Crippen LogP contribution in [-0.2, 0) is 4.79 Å². The Hall–Kier alpha value is -3.42. The van der Waals surface area contributed by atoms with Crippen molar-refractivity contribution in [2.75, 3.05) is 18.6 Å². The van der Waals surface area contributed by atoms with Gasteiger partial charge in [0, 0.05) is 24.4 Å². The first-order valence-corrected chi connectivity index (χ1v) is 8.58. The highest BCUT2D eigenvalue weighted by molar-refractivity contribution is 6.14. The van der Waals surface area contributed by atoms with E-state index in [9.17, 15) is 19.7 Å². The largest absolute Gasteiger partial charge is 0.497 e. The topological polar surface area (TPSA) is 93.0 Å². The molecule has 2 aromatic rings. The van der Waals surface area contributed by atoms with E-state index < -0.39 is 11.0 Å². The standard InChI is InChI=1S/C19H17N3O5/c1-27-14-8-9-16-15(11-14)18(23)20-10-2-3-17(20)19(24)21(16)12-4-6-13(7-5-12)22(25)26/h4-9,11,17H,2-3,10H2,1H3/t17-/m0/s1. The zero-order chi connectivity index (χ0) is 19.1. The maximum Gasteiger partial charge on any atom is 0.269 e. The van der Waals surface area contributed by atoms with Crippen LogP contribution in [0.15, 0.2) is 42.5 Å². The molecule has 0 unspecified atom stereocenters. The molecule has 138 valence electrons. The molecule has 0 aliphatic carbocycles. The number of hydrogen-bond donors (Lipinski definition) is 0. The Morgan fingerprint density at radius 2 is 1.89 bits per heavy atom. The van der Waals surface area contributed by atoms with Crippen LogP contribution in [0.2, 0.25) is 0 Å². The molecule has 2 aromatic carbocycles. The third-order valence-corrected chi connectivity index (χ3v) is 5.01. The normalized spacial score (nSPS) is 18.8. The van der Waals surface area contributed by atoms with Gasteiger partial charge in [0.15, 0.2) is 0 Å². The van der Waals surface area contributed by atoms with Gasteiger partial charge in [-0.25, -0.2) is 0 Å². The SMILES string of the molecule is COc1ccc2c(c1)C(=O)N1CCC[C@H]1C(=O)N2c1ccc([N+](=O)[O-])cc1. The highest BCUT2D eigenvalue weighted by atomic mass is 16.6. The third-order valence-electron chi connectivity index (χ3n) is 5.01. The van der Waals surface area contributed by atoms with Crippen molar-refractivity contribution in [1.29, 1.82) is 0 Å². The predicted octanol–water partition coefficient (Wildman–Crippen LogP) is 2.89. The van der Waals surface area contributed by atoms with Crippen LogP contribution in [0.5, 0.6) is 5.75 Å². The van der Waals surface area contributed by atoms with E-state index in [2.05, 4.69) is 0 Å². The van der Waals surface area contributed by atoms with Crippen molar-refractivity contribution in [3.63, 3.8) is 0 Å². The number of amides is 2. The molecule has 0 saturated carbocycles. The summed E-state index contributed by atoms with van der Waals surface area (Å²) >= 11 is 0. The summed E-state index contributed by atoms with van der Waals surface area (Å²) in [4.78, 5) is 39.9. The number of methoxy groups -OCH3 is 1. The summed E-state index contributed by atoms with van der Waals surface area (Å²) in [6, 6.07) is 10.2. The predicted molar refractivity (Wildman–Crippen MR) is 97.3 cm³/mol. The molecule has 0 aromatic heterocycles. The van der Waals surface area contributed by atoms with E-state index in [1.807, 2.05) is 0 Å². The lowest BCUT2D eigenvalue weighted by Gasteiger charge is -2.26. The fourth-order valence-corrected chi connectivity index (χ4v) is 3.69. The number of ether oxygens (including phenoxy) is 1. The van der Waals surface area contributed by atoms with Crippen molar-refractivity contribution >= 4 is 28.9 Å². The first-order chi connectivity index (χ1) is 13.0. The Bertz CT molecular complexity index is 941. The van der Waals surface area contributed by atoms with Crippen molar-refractivity contribution in [1.82, 2.24) is 4.90 Å². The monoisotopic (exact) mass is 367 g/mol. The summed E-state index contributed by atoms with van der Waals surface area (Å²) < 4.78 is 5.24. The summed E-state index contributed by atoms with van der Waals surface area (Å²) in [5, 5.41) is 10.9. The molecule has 0 N–H and O–H groups in total. The molecule has 1 atom stereocenters. The van der Waals surface area contributed by atoms with Crippen molar-refractivity contribution in [2.45, 2.75) is 18.9 Å². The van der Waals surface area contributed by atoms with E-state index in [1.165, 1.54) is 36.3 Å². The lowest BCUT2D eigenvalue weighted by atomic mass is 10.1.